The topological polar surface area (TPSA) is 230 Å². The number of non-ortho nitro benzene ring substituents is 2. The fourth-order valence-corrected chi connectivity index (χ4v) is 5.62. The van der Waals surface area contributed by atoms with Gasteiger partial charge in [0.05, 0.1) is 21.9 Å². The molecule has 14 nitrogen and oxygen atoms in total. The van der Waals surface area contributed by atoms with Gasteiger partial charge in [-0.15, -0.1) is 0 Å². The molecule has 0 bridgehead atoms. The molecule has 0 spiro atoms. The van der Waals surface area contributed by atoms with Crippen LogP contribution in [0.5, 0.6) is 0 Å². The lowest BCUT2D eigenvalue weighted by atomic mass is 9.95. The first-order chi connectivity index (χ1) is 24.7. The molecule has 0 aliphatic heterocycles. The van der Waals surface area contributed by atoms with E-state index in [0.717, 1.165) is 25.7 Å². The Morgan fingerprint density at radius 3 is 1.42 bits per heavy atom. The summed E-state index contributed by atoms with van der Waals surface area (Å²) in [6.45, 7) is 2.12. The minimum absolute atomic E-state index is 0.00761. The lowest BCUT2D eigenvalue weighted by molar-refractivity contribution is -0.385. The van der Waals surface area contributed by atoms with Crippen LogP contribution < -0.4 is 5.73 Å². The number of nitro benzene ring substituents is 2. The lowest BCUT2D eigenvalue weighted by Gasteiger charge is -2.12. The Hall–Kier alpha value is -5.34. The normalized spacial score (nSPS) is 16.4. The van der Waals surface area contributed by atoms with Crippen LogP contribution in [-0.2, 0) is 9.53 Å². The average molecular weight is 718 g/mol. The van der Waals surface area contributed by atoms with E-state index in [1.54, 1.807) is 37.3 Å². The molecule has 52 heavy (non-hydrogen) atoms. The first-order valence-corrected chi connectivity index (χ1v) is 17.0. The number of ether oxygens (including phenoxy) is 1. The van der Waals surface area contributed by atoms with Crippen molar-refractivity contribution >= 4 is 40.4 Å². The molecule has 3 fully saturated rings. The van der Waals surface area contributed by atoms with E-state index in [2.05, 4.69) is 0 Å². The Labute approximate surface area is 300 Å². The van der Waals surface area contributed by atoms with Crippen molar-refractivity contribution in [1.82, 2.24) is 0 Å². The maximum absolute atomic E-state index is 12.2. The Morgan fingerprint density at radius 2 is 1.08 bits per heavy atom. The van der Waals surface area contributed by atoms with Gasteiger partial charge in [0.25, 0.3) is 11.4 Å². The minimum atomic E-state index is -0.711. The van der Waals surface area contributed by atoms with Crippen LogP contribution in [0.2, 0.25) is 0 Å². The number of rotatable bonds is 15. The van der Waals surface area contributed by atoms with Gasteiger partial charge in [-0.25, -0.2) is 0 Å². The molecular formula is C38H43N3O11. The number of ketones is 3. The second kappa shape index (κ2) is 16.8. The highest BCUT2D eigenvalue weighted by molar-refractivity contribution is 6.00. The predicted molar refractivity (Wildman–Crippen MR) is 190 cm³/mol. The van der Waals surface area contributed by atoms with Crippen LogP contribution in [0.1, 0.15) is 95.8 Å². The summed E-state index contributed by atoms with van der Waals surface area (Å²) in [5.74, 6) is -0.674. The maximum atomic E-state index is 12.2. The van der Waals surface area contributed by atoms with Gasteiger partial charge in [-0.2, -0.15) is 0 Å². The Morgan fingerprint density at radius 1 is 0.673 bits per heavy atom. The first kappa shape index (κ1) is 39.4. The molecule has 3 aromatic carbocycles. The highest BCUT2D eigenvalue weighted by atomic mass is 16.6. The summed E-state index contributed by atoms with van der Waals surface area (Å²) < 4.78 is 4.97. The molecule has 0 radical (unpaired) electrons. The van der Waals surface area contributed by atoms with Gasteiger partial charge in [0.1, 0.15) is 0 Å². The highest BCUT2D eigenvalue weighted by Gasteiger charge is 2.52. The van der Waals surface area contributed by atoms with Crippen molar-refractivity contribution in [2.75, 3.05) is 25.6 Å². The Balaban J connectivity index is 0.000000176. The van der Waals surface area contributed by atoms with Crippen molar-refractivity contribution in [2.45, 2.75) is 64.7 Å². The molecule has 276 valence electrons. The molecule has 4 N–H and O–H groups in total. The van der Waals surface area contributed by atoms with Gasteiger partial charge >= 0.3 is 5.97 Å². The zero-order valence-electron chi connectivity index (χ0n) is 29.0. The molecule has 0 unspecified atom stereocenters. The number of Topliss-reactive ketones (excluding diaryl/α,β-unsaturated/α-hetero) is 3. The van der Waals surface area contributed by atoms with Crippen LogP contribution in [0.15, 0.2) is 72.8 Å². The molecule has 3 saturated carbocycles. The van der Waals surface area contributed by atoms with E-state index in [1.807, 2.05) is 0 Å². The van der Waals surface area contributed by atoms with Crippen LogP contribution in [0, 0.1) is 36.5 Å². The number of hydrogen-bond acceptors (Lipinski definition) is 12. The van der Waals surface area contributed by atoms with Gasteiger partial charge in [-0.1, -0.05) is 36.4 Å². The van der Waals surface area contributed by atoms with Crippen molar-refractivity contribution in [2.24, 2.45) is 16.2 Å². The largest absolute Gasteiger partial charge is 0.466 e. The van der Waals surface area contributed by atoms with Gasteiger partial charge in [0.15, 0.2) is 17.3 Å². The molecule has 3 aliphatic rings. The minimum Gasteiger partial charge on any atom is -0.466 e. The fourth-order valence-electron chi connectivity index (χ4n) is 5.62. The molecule has 0 amide bonds. The van der Waals surface area contributed by atoms with Crippen molar-refractivity contribution in [3.63, 3.8) is 0 Å². The molecular weight excluding hydrogens is 674 g/mol. The number of aliphatic hydroxyl groups is 2. The third-order valence-electron chi connectivity index (χ3n) is 9.68. The van der Waals surface area contributed by atoms with Crippen LogP contribution in [-0.4, -0.2) is 63.2 Å². The third-order valence-corrected chi connectivity index (χ3v) is 9.68. The Kier molecular flexibility index (Phi) is 12.7. The molecule has 3 aliphatic carbocycles. The van der Waals surface area contributed by atoms with E-state index in [9.17, 15) is 39.4 Å². The smallest absolute Gasteiger partial charge is 0.312 e. The standard InChI is InChI=1S/C14H15NO5.C12H13NO4.C12H15NO2/c1-2-20-13(17)14(6-7-14)9-12(16)10-4-3-5-11(8-10)15(18)19;14-8-12(4-5-12)7-11(15)9-2-1-3-10(6-9)13(16)17;13-10-3-1-2-9(6-10)11(15)7-12(8-14)4-5-12/h3-5,8H,2,6-7,9H2,1H3;1-3,6,14H,4-5,7-8H2;1-3,6,14H,4-5,7-8,13H2. The summed E-state index contributed by atoms with van der Waals surface area (Å²) >= 11 is 0. The number of nitrogens with two attached hydrogens (primary N) is 1. The summed E-state index contributed by atoms with van der Waals surface area (Å²) in [4.78, 5) is 67.9. The average Bonchev–Trinajstić information content (AvgIpc) is 4.04. The number of hydrogen-bond donors (Lipinski definition) is 3. The second-order valence-corrected chi connectivity index (χ2v) is 13.9. The number of nitrogen functional groups attached to an aromatic ring is 1. The fraction of sp³-hybridized carbons (Fsp3) is 0.421. The number of carbonyl (C=O) groups excluding carboxylic acids is 4. The summed E-state index contributed by atoms with van der Waals surface area (Å²) in [6, 6.07) is 18.3. The predicted octanol–water partition coefficient (Wildman–Crippen LogP) is 6.07. The summed E-state index contributed by atoms with van der Waals surface area (Å²) in [7, 11) is 0. The monoisotopic (exact) mass is 717 g/mol. The molecule has 0 saturated heterocycles. The number of benzene rings is 3. The van der Waals surface area contributed by atoms with Gasteiger partial charge in [-0.05, 0) is 57.6 Å². The number of aliphatic hydroxyl groups excluding tert-OH is 2. The van der Waals surface area contributed by atoms with Crippen molar-refractivity contribution in [3.8, 4) is 0 Å². The van der Waals surface area contributed by atoms with Crippen LogP contribution in [0.4, 0.5) is 17.1 Å². The summed E-state index contributed by atoms with van der Waals surface area (Å²) in [6.07, 6.45) is 5.63. The molecule has 0 aromatic heterocycles. The zero-order valence-corrected chi connectivity index (χ0v) is 29.0. The van der Waals surface area contributed by atoms with Gasteiger partial charge < -0.3 is 20.7 Å². The van der Waals surface area contributed by atoms with Crippen LogP contribution in [0.25, 0.3) is 0 Å². The highest BCUT2D eigenvalue weighted by Crippen LogP contribution is 2.51. The lowest BCUT2D eigenvalue weighted by Crippen LogP contribution is -2.22. The van der Waals surface area contributed by atoms with E-state index in [1.165, 1.54) is 42.5 Å². The number of nitrogens with zero attached hydrogens (tertiary/aromatic N) is 2. The number of carbonyl (C=O) groups is 4. The van der Waals surface area contributed by atoms with E-state index >= 15 is 0 Å². The van der Waals surface area contributed by atoms with Crippen molar-refractivity contribution in [3.05, 3.63) is 110 Å². The van der Waals surface area contributed by atoms with Crippen molar-refractivity contribution < 1.29 is 44.0 Å². The summed E-state index contributed by atoms with van der Waals surface area (Å²) in [5.41, 5.74) is 6.16. The molecule has 0 heterocycles. The van der Waals surface area contributed by atoms with E-state index in [4.69, 9.17) is 20.7 Å². The molecule has 6 rings (SSSR count). The van der Waals surface area contributed by atoms with Crippen LogP contribution in [0.3, 0.4) is 0 Å². The van der Waals surface area contributed by atoms with Gasteiger partial charge in [0, 0.05) is 89.9 Å². The SMILES string of the molecule is CCOC(=O)C1(CC(=O)c2cccc([N+](=O)[O-])c2)CC1.Nc1cccc(C(=O)CC2(CO)CC2)c1.O=C(CC1(CO)CC1)c1cccc([N+](=O)[O-])c1. The second-order valence-electron chi connectivity index (χ2n) is 13.9. The number of anilines is 1. The van der Waals surface area contributed by atoms with Gasteiger partial charge in [0.2, 0.25) is 0 Å². The summed E-state index contributed by atoms with van der Waals surface area (Å²) in [5, 5.41) is 39.5. The number of esters is 1. The van der Waals surface area contributed by atoms with E-state index < -0.39 is 15.3 Å². The number of nitro groups is 2. The van der Waals surface area contributed by atoms with Gasteiger partial charge in [-0.3, -0.25) is 39.4 Å². The van der Waals surface area contributed by atoms with E-state index in [0.29, 0.717) is 36.1 Å². The third kappa shape index (κ3) is 10.6. The molecule has 0 atom stereocenters. The maximum Gasteiger partial charge on any atom is 0.312 e. The van der Waals surface area contributed by atoms with Crippen molar-refractivity contribution in [1.29, 1.82) is 0 Å². The first-order valence-electron chi connectivity index (χ1n) is 17.0. The van der Waals surface area contributed by atoms with E-state index in [-0.39, 0.29) is 83.7 Å². The molecule has 3 aromatic rings. The Bertz CT molecular complexity index is 1830. The van der Waals surface area contributed by atoms with Crippen LogP contribution >= 0.6 is 0 Å². The quantitative estimate of drug-likeness (QED) is 0.0535. The zero-order chi connectivity index (χ0) is 38.1. The molecule has 14 heteroatoms.